The third kappa shape index (κ3) is 7.67. The van der Waals surface area contributed by atoms with E-state index < -0.39 is 0 Å². The fourth-order valence-electron chi connectivity index (χ4n) is 2.51. The lowest BCUT2D eigenvalue weighted by molar-refractivity contribution is -0.133. The Kier molecular flexibility index (Phi) is 10.4. The van der Waals surface area contributed by atoms with Gasteiger partial charge in [-0.15, -0.1) is 12.4 Å². The first-order valence-electron chi connectivity index (χ1n) is 7.73. The van der Waals surface area contributed by atoms with Gasteiger partial charge in [0.2, 0.25) is 11.8 Å². The Morgan fingerprint density at radius 3 is 2.33 bits per heavy atom. The molecular formula is C15H30ClN3O2. The van der Waals surface area contributed by atoms with E-state index in [4.69, 9.17) is 0 Å². The van der Waals surface area contributed by atoms with Gasteiger partial charge in [0.15, 0.2) is 0 Å². The van der Waals surface area contributed by atoms with E-state index in [0.717, 1.165) is 39.0 Å². The molecule has 0 unspecified atom stereocenters. The summed E-state index contributed by atoms with van der Waals surface area (Å²) in [7, 11) is 3.50. The van der Waals surface area contributed by atoms with Crippen molar-refractivity contribution in [2.75, 3.05) is 40.3 Å². The maximum atomic E-state index is 12.1. The van der Waals surface area contributed by atoms with Gasteiger partial charge in [-0.05, 0) is 38.3 Å². The molecule has 1 N–H and O–H groups in total. The van der Waals surface area contributed by atoms with Crippen molar-refractivity contribution in [2.45, 2.75) is 39.0 Å². The number of nitrogens with one attached hydrogen (secondary N) is 1. The third-order valence-electron chi connectivity index (χ3n) is 3.93. The summed E-state index contributed by atoms with van der Waals surface area (Å²) in [4.78, 5) is 27.0. The van der Waals surface area contributed by atoms with Crippen molar-refractivity contribution in [2.24, 2.45) is 5.92 Å². The molecule has 5 nitrogen and oxygen atoms in total. The van der Waals surface area contributed by atoms with Crippen molar-refractivity contribution in [1.82, 2.24) is 15.1 Å². The quantitative estimate of drug-likeness (QED) is 0.774. The molecule has 2 amide bonds. The molecule has 1 fully saturated rings. The lowest BCUT2D eigenvalue weighted by Gasteiger charge is -2.32. The van der Waals surface area contributed by atoms with E-state index in [1.165, 1.54) is 0 Å². The van der Waals surface area contributed by atoms with Crippen LogP contribution in [0.25, 0.3) is 0 Å². The molecule has 0 spiro atoms. The predicted molar refractivity (Wildman–Crippen MR) is 87.6 cm³/mol. The Balaban J connectivity index is 0.00000400. The molecule has 21 heavy (non-hydrogen) atoms. The third-order valence-corrected chi connectivity index (χ3v) is 3.93. The number of nitrogens with zero attached hydrogens (tertiary/aromatic N) is 2. The summed E-state index contributed by atoms with van der Waals surface area (Å²) in [6, 6.07) is 0. The number of hydrogen-bond donors (Lipinski definition) is 1. The SMILES string of the molecule is CCNCC1CCN(C(=O)CCCC(=O)N(C)C)CC1.Cl. The van der Waals surface area contributed by atoms with E-state index >= 15 is 0 Å². The van der Waals surface area contributed by atoms with Crippen molar-refractivity contribution >= 4 is 24.2 Å². The number of carbonyl (C=O) groups is 2. The van der Waals surface area contributed by atoms with E-state index in [1.807, 2.05) is 4.90 Å². The molecular weight excluding hydrogens is 290 g/mol. The largest absolute Gasteiger partial charge is 0.349 e. The summed E-state index contributed by atoms with van der Waals surface area (Å²) in [5.74, 6) is 1.01. The number of likely N-dealkylation sites (tertiary alicyclic amines) is 1. The van der Waals surface area contributed by atoms with Gasteiger partial charge in [0.05, 0.1) is 0 Å². The van der Waals surface area contributed by atoms with Gasteiger partial charge in [0.1, 0.15) is 0 Å². The Morgan fingerprint density at radius 2 is 1.81 bits per heavy atom. The zero-order valence-corrected chi connectivity index (χ0v) is 14.4. The van der Waals surface area contributed by atoms with Crippen LogP contribution in [0.3, 0.4) is 0 Å². The van der Waals surface area contributed by atoms with E-state index in [9.17, 15) is 9.59 Å². The minimum absolute atomic E-state index is 0. The topological polar surface area (TPSA) is 52.7 Å². The summed E-state index contributed by atoms with van der Waals surface area (Å²) >= 11 is 0. The van der Waals surface area contributed by atoms with Crippen LogP contribution in [-0.4, -0.2) is 61.9 Å². The maximum absolute atomic E-state index is 12.1. The molecule has 124 valence electrons. The predicted octanol–water partition coefficient (Wildman–Crippen LogP) is 1.51. The molecule has 1 rings (SSSR count). The highest BCUT2D eigenvalue weighted by atomic mass is 35.5. The number of halogens is 1. The van der Waals surface area contributed by atoms with E-state index in [1.54, 1.807) is 19.0 Å². The Labute approximate surface area is 134 Å². The van der Waals surface area contributed by atoms with E-state index in [-0.39, 0.29) is 24.2 Å². The fourth-order valence-corrected chi connectivity index (χ4v) is 2.51. The van der Waals surface area contributed by atoms with Crippen LogP contribution in [-0.2, 0) is 9.59 Å². The smallest absolute Gasteiger partial charge is 0.222 e. The average molecular weight is 320 g/mol. The van der Waals surface area contributed by atoms with Gasteiger partial charge < -0.3 is 15.1 Å². The second-order valence-corrected chi connectivity index (χ2v) is 5.77. The summed E-state index contributed by atoms with van der Waals surface area (Å²) in [5, 5.41) is 3.37. The van der Waals surface area contributed by atoms with Crippen LogP contribution in [0.15, 0.2) is 0 Å². The van der Waals surface area contributed by atoms with Crippen LogP contribution in [0.5, 0.6) is 0 Å². The molecule has 6 heteroatoms. The molecule has 0 saturated carbocycles. The van der Waals surface area contributed by atoms with Gasteiger partial charge >= 0.3 is 0 Å². The monoisotopic (exact) mass is 319 g/mol. The standard InChI is InChI=1S/C15H29N3O2.ClH/c1-4-16-12-13-8-10-18(11-9-13)15(20)7-5-6-14(19)17(2)3;/h13,16H,4-12H2,1-3H3;1H. The average Bonchev–Trinajstić information content (AvgIpc) is 2.45. The van der Waals surface area contributed by atoms with Gasteiger partial charge in [-0.2, -0.15) is 0 Å². The van der Waals surface area contributed by atoms with Crippen molar-refractivity contribution in [3.8, 4) is 0 Å². The highest BCUT2D eigenvalue weighted by molar-refractivity contribution is 5.85. The number of carbonyl (C=O) groups excluding carboxylic acids is 2. The summed E-state index contributed by atoms with van der Waals surface area (Å²) < 4.78 is 0. The first kappa shape index (κ1) is 20.2. The second-order valence-electron chi connectivity index (χ2n) is 5.77. The molecule has 0 aromatic rings. The van der Waals surface area contributed by atoms with Crippen LogP contribution in [0, 0.1) is 5.92 Å². The van der Waals surface area contributed by atoms with Crippen molar-refractivity contribution in [3.63, 3.8) is 0 Å². The number of hydrogen-bond acceptors (Lipinski definition) is 3. The summed E-state index contributed by atoms with van der Waals surface area (Å²) in [5.41, 5.74) is 0. The van der Waals surface area contributed by atoms with Gasteiger partial charge in [-0.1, -0.05) is 6.92 Å². The molecule has 0 aromatic heterocycles. The van der Waals surface area contributed by atoms with Crippen molar-refractivity contribution in [1.29, 1.82) is 0 Å². The number of rotatable bonds is 7. The van der Waals surface area contributed by atoms with E-state index in [2.05, 4.69) is 12.2 Å². The molecule has 1 aliphatic heterocycles. The molecule has 0 aliphatic carbocycles. The van der Waals surface area contributed by atoms with E-state index in [0.29, 0.717) is 25.2 Å². The number of piperidine rings is 1. The molecule has 1 saturated heterocycles. The molecule has 0 bridgehead atoms. The Bertz CT molecular complexity index is 316. The molecule has 0 radical (unpaired) electrons. The number of amides is 2. The normalized spacial score (nSPS) is 15.5. The maximum Gasteiger partial charge on any atom is 0.222 e. The molecule has 1 heterocycles. The van der Waals surface area contributed by atoms with Gasteiger partial charge in [0.25, 0.3) is 0 Å². The highest BCUT2D eigenvalue weighted by Crippen LogP contribution is 2.17. The summed E-state index contributed by atoms with van der Waals surface area (Å²) in [6.45, 7) is 5.94. The summed E-state index contributed by atoms with van der Waals surface area (Å²) in [6.07, 6.45) is 3.81. The second kappa shape index (κ2) is 10.9. The lowest BCUT2D eigenvalue weighted by atomic mass is 9.96. The lowest BCUT2D eigenvalue weighted by Crippen LogP contribution is -2.40. The molecule has 0 atom stereocenters. The van der Waals surface area contributed by atoms with Gasteiger partial charge in [-0.3, -0.25) is 9.59 Å². The first-order valence-corrected chi connectivity index (χ1v) is 7.73. The molecule has 1 aliphatic rings. The minimum atomic E-state index is 0. The first-order chi connectivity index (χ1) is 9.54. The van der Waals surface area contributed by atoms with Gasteiger partial charge in [0, 0.05) is 40.0 Å². The zero-order valence-electron chi connectivity index (χ0n) is 13.6. The molecule has 0 aromatic carbocycles. The highest BCUT2D eigenvalue weighted by Gasteiger charge is 2.22. The minimum Gasteiger partial charge on any atom is -0.349 e. The van der Waals surface area contributed by atoms with Gasteiger partial charge in [-0.25, -0.2) is 0 Å². The van der Waals surface area contributed by atoms with Crippen LogP contribution in [0.2, 0.25) is 0 Å². The van der Waals surface area contributed by atoms with Crippen LogP contribution in [0.1, 0.15) is 39.0 Å². The van der Waals surface area contributed by atoms with Crippen LogP contribution < -0.4 is 5.32 Å². The Hall–Kier alpha value is -0.810. The van der Waals surface area contributed by atoms with Crippen LogP contribution >= 0.6 is 12.4 Å². The Morgan fingerprint density at radius 1 is 1.19 bits per heavy atom. The van der Waals surface area contributed by atoms with Crippen molar-refractivity contribution in [3.05, 3.63) is 0 Å². The van der Waals surface area contributed by atoms with Crippen molar-refractivity contribution < 1.29 is 9.59 Å². The zero-order chi connectivity index (χ0) is 15.0. The van der Waals surface area contributed by atoms with Crippen LogP contribution in [0.4, 0.5) is 0 Å². The fraction of sp³-hybridized carbons (Fsp3) is 0.867.